The van der Waals surface area contributed by atoms with Crippen LogP contribution in [0.5, 0.6) is 0 Å². The number of Topliss-reactive ketones (excluding diaryl/α,β-unsaturated/α-hetero) is 1. The summed E-state index contributed by atoms with van der Waals surface area (Å²) in [6.07, 6.45) is 3.20. The van der Waals surface area contributed by atoms with Crippen LogP contribution in [-0.4, -0.2) is 22.0 Å². The summed E-state index contributed by atoms with van der Waals surface area (Å²) in [6.45, 7) is 0.656. The van der Waals surface area contributed by atoms with Crippen molar-refractivity contribution >= 4 is 5.78 Å². The summed E-state index contributed by atoms with van der Waals surface area (Å²) in [4.78, 5) is 15.2. The van der Waals surface area contributed by atoms with E-state index in [1.807, 2.05) is 30.3 Å². The zero-order valence-electron chi connectivity index (χ0n) is 9.34. The third kappa shape index (κ3) is 2.92. The Morgan fingerprint density at radius 3 is 2.82 bits per heavy atom. The van der Waals surface area contributed by atoms with Crippen LogP contribution in [0.15, 0.2) is 42.9 Å². The summed E-state index contributed by atoms with van der Waals surface area (Å²) in [5.74, 6) is -0.162. The second kappa shape index (κ2) is 5.27. The maximum Gasteiger partial charge on any atom is 0.196 e. The second-order valence-corrected chi connectivity index (χ2v) is 3.61. The number of hydrogen-bond donors (Lipinski definition) is 2. The highest BCUT2D eigenvalue weighted by Crippen LogP contribution is 2.00. The largest absolute Gasteiger partial charge is 0.324 e. The number of rotatable bonds is 5. The fourth-order valence-electron chi connectivity index (χ4n) is 1.44. The van der Waals surface area contributed by atoms with Gasteiger partial charge in [-0.2, -0.15) is 0 Å². The highest BCUT2D eigenvalue weighted by molar-refractivity contribution is 5.95. The lowest BCUT2D eigenvalue weighted by Crippen LogP contribution is -2.15. The number of nitrogens with zero attached hydrogens (tertiary/aromatic N) is 2. The van der Waals surface area contributed by atoms with Crippen molar-refractivity contribution in [2.24, 2.45) is 5.73 Å². The van der Waals surface area contributed by atoms with Crippen LogP contribution in [0.1, 0.15) is 16.1 Å². The van der Waals surface area contributed by atoms with Crippen molar-refractivity contribution in [1.82, 2.24) is 9.66 Å². The molecule has 0 aliphatic heterocycles. The van der Waals surface area contributed by atoms with Crippen molar-refractivity contribution in [3.8, 4) is 0 Å². The average molecular weight is 230 g/mol. The van der Waals surface area contributed by atoms with E-state index < -0.39 is 0 Å². The Labute approximate surface area is 99.2 Å². The quantitative estimate of drug-likeness (QED) is 0.744. The molecule has 2 aromatic rings. The number of aromatic nitrogens is 2. The van der Waals surface area contributed by atoms with Crippen molar-refractivity contribution in [1.29, 1.82) is 0 Å². The third-order valence-electron chi connectivity index (χ3n) is 2.36. The molecule has 0 aliphatic rings. The first kappa shape index (κ1) is 11.3. The molecule has 0 amide bonds. The normalized spacial score (nSPS) is 10.2. The van der Waals surface area contributed by atoms with Crippen molar-refractivity contribution in [2.45, 2.75) is 6.54 Å². The molecule has 0 radical (unpaired) electrons. The molecule has 0 saturated heterocycles. The van der Waals surface area contributed by atoms with Gasteiger partial charge in [-0.05, 0) is 5.56 Å². The zero-order chi connectivity index (χ0) is 12.1. The lowest BCUT2D eigenvalue weighted by atomic mass is 10.2. The van der Waals surface area contributed by atoms with Crippen molar-refractivity contribution < 1.29 is 4.79 Å². The fourth-order valence-corrected chi connectivity index (χ4v) is 1.44. The van der Waals surface area contributed by atoms with Crippen LogP contribution in [0.4, 0.5) is 0 Å². The van der Waals surface area contributed by atoms with Crippen LogP contribution in [0.25, 0.3) is 0 Å². The molecule has 0 bridgehead atoms. The topological polar surface area (TPSA) is 72.9 Å². The molecule has 17 heavy (non-hydrogen) atoms. The van der Waals surface area contributed by atoms with Crippen molar-refractivity contribution in [3.05, 3.63) is 54.1 Å². The van der Waals surface area contributed by atoms with Gasteiger partial charge in [0.2, 0.25) is 0 Å². The van der Waals surface area contributed by atoms with Crippen LogP contribution < -0.4 is 11.2 Å². The van der Waals surface area contributed by atoms with Gasteiger partial charge in [-0.15, -0.1) is 0 Å². The molecule has 0 aliphatic carbocycles. The van der Waals surface area contributed by atoms with Gasteiger partial charge >= 0.3 is 0 Å². The van der Waals surface area contributed by atoms with E-state index in [2.05, 4.69) is 10.4 Å². The van der Waals surface area contributed by atoms with E-state index in [0.29, 0.717) is 12.2 Å². The Hall–Kier alpha value is -2.14. The molecule has 0 atom stereocenters. The van der Waals surface area contributed by atoms with E-state index in [1.165, 1.54) is 0 Å². The maximum atomic E-state index is 11.3. The van der Waals surface area contributed by atoms with Gasteiger partial charge in [0.25, 0.3) is 0 Å². The van der Waals surface area contributed by atoms with Crippen LogP contribution in [0, 0.1) is 0 Å². The fraction of sp³-hybridized carbons (Fsp3) is 0.167. The number of ketones is 1. The number of hydrogen-bond acceptors (Lipinski definition) is 4. The van der Waals surface area contributed by atoms with E-state index in [1.54, 1.807) is 17.2 Å². The van der Waals surface area contributed by atoms with Gasteiger partial charge < -0.3 is 11.2 Å². The smallest absolute Gasteiger partial charge is 0.196 e. The SMILES string of the molecule is NCC(=O)c1cn(NCc2ccccc2)cn1. The summed E-state index contributed by atoms with van der Waals surface area (Å²) in [7, 11) is 0. The Morgan fingerprint density at radius 2 is 2.12 bits per heavy atom. The highest BCUT2D eigenvalue weighted by Gasteiger charge is 2.06. The summed E-state index contributed by atoms with van der Waals surface area (Å²) in [6, 6.07) is 9.98. The molecule has 3 N–H and O–H groups in total. The average Bonchev–Trinajstić information content (AvgIpc) is 2.85. The molecule has 5 nitrogen and oxygen atoms in total. The van der Waals surface area contributed by atoms with Crippen molar-refractivity contribution in [3.63, 3.8) is 0 Å². The van der Waals surface area contributed by atoms with E-state index in [4.69, 9.17) is 5.73 Å². The molecule has 1 aromatic carbocycles. The van der Waals surface area contributed by atoms with Gasteiger partial charge in [-0.1, -0.05) is 30.3 Å². The molecule has 2 rings (SSSR count). The Balaban J connectivity index is 1.96. The molecule has 5 heteroatoms. The number of benzene rings is 1. The molecule has 1 aromatic heterocycles. The molecular weight excluding hydrogens is 216 g/mol. The molecule has 1 heterocycles. The number of carbonyl (C=O) groups is 1. The van der Waals surface area contributed by atoms with E-state index in [0.717, 1.165) is 5.56 Å². The maximum absolute atomic E-state index is 11.3. The van der Waals surface area contributed by atoms with Crippen LogP contribution >= 0.6 is 0 Å². The monoisotopic (exact) mass is 230 g/mol. The van der Waals surface area contributed by atoms with Gasteiger partial charge in [0, 0.05) is 0 Å². The molecule has 0 spiro atoms. The molecular formula is C12H14N4O. The van der Waals surface area contributed by atoms with Gasteiger partial charge in [0.15, 0.2) is 5.78 Å². The number of carbonyl (C=O) groups excluding carboxylic acids is 1. The predicted octanol–water partition coefficient (Wildman–Crippen LogP) is 0.768. The number of nitrogens with one attached hydrogen (secondary N) is 1. The predicted molar refractivity (Wildman–Crippen MR) is 65.1 cm³/mol. The first-order valence-corrected chi connectivity index (χ1v) is 5.34. The molecule has 0 unspecified atom stereocenters. The standard InChI is InChI=1S/C12H14N4O/c13-6-12(17)11-8-16(9-14-11)15-7-10-4-2-1-3-5-10/h1-5,8-9,15H,6-7,13H2. The minimum absolute atomic E-state index is 0.0182. The molecule has 0 saturated carbocycles. The van der Waals surface area contributed by atoms with Gasteiger partial charge in [0.05, 0.1) is 19.3 Å². The highest BCUT2D eigenvalue weighted by atomic mass is 16.1. The lowest BCUT2D eigenvalue weighted by molar-refractivity contribution is 0.0997. The summed E-state index contributed by atoms with van der Waals surface area (Å²) in [5, 5.41) is 0. The number of imidazole rings is 1. The minimum atomic E-state index is -0.162. The van der Waals surface area contributed by atoms with E-state index in [-0.39, 0.29) is 12.3 Å². The van der Waals surface area contributed by atoms with Gasteiger partial charge in [-0.25, -0.2) is 4.98 Å². The first-order valence-electron chi connectivity index (χ1n) is 5.34. The van der Waals surface area contributed by atoms with Crippen molar-refractivity contribution in [2.75, 3.05) is 12.0 Å². The Bertz CT molecular complexity index is 492. The van der Waals surface area contributed by atoms with Gasteiger partial charge in [0.1, 0.15) is 12.0 Å². The van der Waals surface area contributed by atoms with Crippen LogP contribution in [-0.2, 0) is 6.54 Å². The zero-order valence-corrected chi connectivity index (χ0v) is 9.34. The summed E-state index contributed by atoms with van der Waals surface area (Å²) in [5.41, 5.74) is 9.92. The third-order valence-corrected chi connectivity index (χ3v) is 2.36. The Morgan fingerprint density at radius 1 is 1.35 bits per heavy atom. The van der Waals surface area contributed by atoms with E-state index in [9.17, 15) is 4.79 Å². The van der Waals surface area contributed by atoms with Gasteiger partial charge in [-0.3, -0.25) is 9.47 Å². The first-order chi connectivity index (χ1) is 8.29. The molecule has 88 valence electrons. The lowest BCUT2D eigenvalue weighted by Gasteiger charge is -2.05. The Kier molecular flexibility index (Phi) is 3.52. The van der Waals surface area contributed by atoms with Crippen LogP contribution in [0.2, 0.25) is 0 Å². The minimum Gasteiger partial charge on any atom is -0.324 e. The second-order valence-electron chi connectivity index (χ2n) is 3.61. The van der Waals surface area contributed by atoms with Crippen LogP contribution in [0.3, 0.4) is 0 Å². The molecule has 0 fully saturated rings. The number of nitrogens with two attached hydrogens (primary N) is 1. The summed E-state index contributed by atoms with van der Waals surface area (Å²) >= 11 is 0. The summed E-state index contributed by atoms with van der Waals surface area (Å²) < 4.78 is 1.66. The van der Waals surface area contributed by atoms with E-state index >= 15 is 0 Å².